The molecular weight excluding hydrogens is 823 g/mol. The second-order valence-electron chi connectivity index (χ2n) is 13.1. The number of hydrogen-bond acceptors (Lipinski definition) is 2. The molecule has 0 fully saturated rings. The fourth-order valence-electron chi connectivity index (χ4n) is 6.44. The molecule has 0 saturated carbocycles. The summed E-state index contributed by atoms with van der Waals surface area (Å²) >= 11 is 0. The van der Waals surface area contributed by atoms with Gasteiger partial charge in [-0.1, -0.05) is 137 Å². The van der Waals surface area contributed by atoms with Crippen molar-refractivity contribution in [3.63, 3.8) is 0 Å². The Bertz CT molecular complexity index is 2540. The van der Waals surface area contributed by atoms with Crippen LogP contribution < -0.4 is 0 Å². The van der Waals surface area contributed by atoms with Crippen molar-refractivity contribution in [2.45, 2.75) is 46.3 Å². The first kappa shape index (κ1) is 31.1. The van der Waals surface area contributed by atoms with Gasteiger partial charge >= 0.3 is 0 Å². The fraction of sp³-hybridized carbons (Fsp3) is 0.143. The van der Waals surface area contributed by atoms with Crippen molar-refractivity contribution < 1.29 is 27.0 Å². The molecule has 3 nitrogen and oxygen atoms in total. The third kappa shape index (κ3) is 8.15. The van der Waals surface area contributed by atoms with E-state index in [0.29, 0.717) is 17.0 Å². The second kappa shape index (κ2) is 16.9. The molecule has 8 aromatic rings. The third-order valence-corrected chi connectivity index (χ3v) is 9.03. The summed E-state index contributed by atoms with van der Waals surface area (Å²) in [5.41, 5.74) is 10.5. The van der Waals surface area contributed by atoms with Gasteiger partial charge in [-0.3, -0.25) is 4.98 Å². The molecule has 0 atom stereocenters. The van der Waals surface area contributed by atoms with Crippen LogP contribution in [0.4, 0.5) is 0 Å². The van der Waals surface area contributed by atoms with E-state index in [4.69, 9.17) is 11.8 Å². The molecule has 53 heavy (non-hydrogen) atoms. The van der Waals surface area contributed by atoms with Crippen LogP contribution in [0.5, 0.6) is 0 Å². The molecule has 0 aliphatic heterocycles. The molecule has 0 aliphatic rings. The zero-order chi connectivity index (χ0) is 40.4. The number of pyridine rings is 1. The molecule has 4 heteroatoms. The minimum atomic E-state index is -2.31. The van der Waals surface area contributed by atoms with Crippen LogP contribution in [-0.4, -0.2) is 14.5 Å². The Labute approximate surface area is 334 Å². The Morgan fingerprint density at radius 1 is 0.642 bits per heavy atom. The third-order valence-electron chi connectivity index (χ3n) is 9.03. The normalized spacial score (nSPS) is 12.9. The molecule has 0 saturated heterocycles. The molecule has 0 amide bonds. The molecule has 0 unspecified atom stereocenters. The molecule has 2 aromatic heterocycles. The van der Waals surface area contributed by atoms with Crippen LogP contribution in [0.1, 0.15) is 63.0 Å². The molecule has 1 radical (unpaired) electrons. The Hall–Kier alpha value is -5.41. The van der Waals surface area contributed by atoms with E-state index < -0.39 is 18.6 Å². The van der Waals surface area contributed by atoms with Gasteiger partial charge in [0.25, 0.3) is 0 Å². The molecule has 0 aliphatic carbocycles. The number of fused-ring (bicyclic) bond motifs is 1. The van der Waals surface area contributed by atoms with E-state index in [2.05, 4.69) is 35.3 Å². The van der Waals surface area contributed by atoms with Crippen LogP contribution in [0.3, 0.4) is 0 Å². The maximum atomic E-state index is 8.98. The van der Waals surface area contributed by atoms with E-state index in [0.717, 1.165) is 44.7 Å². The first-order valence-electron chi connectivity index (χ1n) is 19.9. The first-order valence-corrected chi connectivity index (χ1v) is 17.4. The van der Waals surface area contributed by atoms with Gasteiger partial charge in [-0.15, -0.1) is 65.2 Å². The van der Waals surface area contributed by atoms with Crippen molar-refractivity contribution in [3.05, 3.63) is 187 Å². The number of benzene rings is 6. The van der Waals surface area contributed by atoms with Gasteiger partial charge < -0.3 is 9.55 Å². The molecular formula is C49H43IrN3-2. The minimum absolute atomic E-state index is 0. The zero-order valence-corrected chi connectivity index (χ0v) is 32.6. The van der Waals surface area contributed by atoms with E-state index in [1.807, 2.05) is 166 Å². The van der Waals surface area contributed by atoms with Crippen molar-refractivity contribution in [1.82, 2.24) is 14.5 Å². The summed E-state index contributed by atoms with van der Waals surface area (Å²) in [6.07, 6.45) is 1.85. The van der Waals surface area contributed by atoms with E-state index in [9.17, 15) is 0 Å². The molecule has 0 bridgehead atoms. The smallest absolute Gasteiger partial charge is 0.0774 e. The van der Waals surface area contributed by atoms with Crippen LogP contribution in [0.15, 0.2) is 158 Å². The van der Waals surface area contributed by atoms with Crippen LogP contribution >= 0.6 is 0 Å². The second-order valence-corrected chi connectivity index (χ2v) is 13.1. The Kier molecular flexibility index (Phi) is 9.96. The van der Waals surface area contributed by atoms with Gasteiger partial charge in [-0.25, -0.2) is 0 Å². The maximum absolute atomic E-state index is 8.98. The van der Waals surface area contributed by atoms with Crippen LogP contribution in [0.25, 0.3) is 61.6 Å². The predicted molar refractivity (Wildman–Crippen MR) is 218 cm³/mol. The number of para-hydroxylation sites is 3. The Morgan fingerprint density at radius 3 is 1.96 bits per heavy atom. The summed E-state index contributed by atoms with van der Waals surface area (Å²) in [6.45, 7) is 5.06. The number of nitrogens with zero attached hydrogens (tertiary/aromatic N) is 3. The summed E-state index contributed by atoms with van der Waals surface area (Å²) in [5, 5.41) is 0. The Balaban J connectivity index is 0.000000249. The summed E-state index contributed by atoms with van der Waals surface area (Å²) in [6, 6.07) is 55.2. The number of aryl methyl sites for hydroxylation is 1. The van der Waals surface area contributed by atoms with Crippen molar-refractivity contribution in [2.75, 3.05) is 0 Å². The minimum Gasteiger partial charge on any atom is -0.333 e. The molecule has 0 spiro atoms. The summed E-state index contributed by atoms with van der Waals surface area (Å²) < 4.78 is 44.4. The molecule has 8 rings (SSSR count). The van der Waals surface area contributed by atoms with Gasteiger partial charge in [0.2, 0.25) is 0 Å². The quantitative estimate of drug-likeness (QED) is 0.149. The average Bonchev–Trinajstić information content (AvgIpc) is 3.60. The largest absolute Gasteiger partial charge is 0.333 e. The van der Waals surface area contributed by atoms with Crippen LogP contribution in [0, 0.1) is 19.0 Å². The maximum Gasteiger partial charge on any atom is 0.0774 e. The van der Waals surface area contributed by atoms with Gasteiger partial charge in [0.1, 0.15) is 0 Å². The number of imidazole rings is 1. The van der Waals surface area contributed by atoms with Crippen LogP contribution in [-0.2, 0) is 20.1 Å². The van der Waals surface area contributed by atoms with E-state index >= 15 is 0 Å². The van der Waals surface area contributed by atoms with Gasteiger partial charge in [0.05, 0.1) is 16.9 Å². The van der Waals surface area contributed by atoms with Crippen molar-refractivity contribution in [1.29, 1.82) is 0 Å². The summed E-state index contributed by atoms with van der Waals surface area (Å²) in [7, 11) is 0. The monoisotopic (exact) mass is 871 g/mol. The summed E-state index contributed by atoms with van der Waals surface area (Å²) in [4.78, 5) is 9.40. The van der Waals surface area contributed by atoms with Gasteiger partial charge in [0, 0.05) is 38.8 Å². The zero-order valence-electron chi connectivity index (χ0n) is 35.2. The average molecular weight is 871 g/mol. The van der Waals surface area contributed by atoms with Gasteiger partial charge in [-0.2, -0.15) is 0 Å². The van der Waals surface area contributed by atoms with E-state index in [1.54, 1.807) is 6.07 Å². The topological polar surface area (TPSA) is 30.7 Å². The van der Waals surface area contributed by atoms with E-state index in [-0.39, 0.29) is 25.7 Å². The SMILES string of the molecule is [2H]C([2H])([2H])c1c[c-]c(-c2nc3ccccc3n2-c2c(C([2H])(C)C)cccc2C([2H])(C)C)cc1-c1ccccc1.[Ir].[c-]1ccccc1-c1cc(-c2ccccc2)ccn1. The first-order chi connectivity index (χ1) is 27.2. The molecule has 6 aromatic carbocycles. The predicted octanol–water partition coefficient (Wildman–Crippen LogP) is 12.9. The van der Waals surface area contributed by atoms with Gasteiger partial charge in [-0.05, 0) is 63.5 Å². The number of rotatable bonds is 7. The number of aromatic nitrogens is 3. The van der Waals surface area contributed by atoms with Crippen LogP contribution in [0.2, 0.25) is 0 Å². The fourth-order valence-corrected chi connectivity index (χ4v) is 6.44. The standard InChI is InChI=1S/C32H31N2.C17H12N.Ir/c1-21(2)26-14-11-15-27(22(3)4)31(26)34-30-17-10-9-16-29(30)33-32(34)25-19-18-23(5)28(20-25)24-12-7-6-8-13-24;1-3-7-14(8-4-1)16-11-12-18-17(13-16)15-9-5-2-6-10-15;/h6-18,20-22H,1-5H3;1-9,11-13H;/q2*-1;/i5D3,21D,22D;;. The summed E-state index contributed by atoms with van der Waals surface area (Å²) in [5.74, 6) is -1.33. The molecule has 0 N–H and O–H groups in total. The molecule has 265 valence electrons. The van der Waals surface area contributed by atoms with E-state index in [1.165, 1.54) is 11.1 Å². The van der Waals surface area contributed by atoms with Crippen molar-refractivity contribution in [2.24, 2.45) is 0 Å². The Morgan fingerprint density at radius 2 is 1.30 bits per heavy atom. The van der Waals surface area contributed by atoms with Crippen molar-refractivity contribution in [3.8, 4) is 50.6 Å². The molecule has 2 heterocycles. The van der Waals surface area contributed by atoms with Crippen molar-refractivity contribution >= 4 is 11.0 Å². The number of hydrogen-bond donors (Lipinski definition) is 0. The van der Waals surface area contributed by atoms with Gasteiger partial charge in [0.15, 0.2) is 0 Å².